The zero-order valence-corrected chi connectivity index (χ0v) is 12.2. The Morgan fingerprint density at radius 1 is 1.28 bits per heavy atom. The molecule has 0 heterocycles. The Morgan fingerprint density at radius 3 is 2.56 bits per heavy atom. The first kappa shape index (κ1) is 13.7. The summed E-state index contributed by atoms with van der Waals surface area (Å²) in [7, 11) is 0. The molecule has 0 unspecified atom stereocenters. The highest BCUT2D eigenvalue weighted by atomic mass is 79.9. The van der Waals surface area contributed by atoms with E-state index in [1.54, 1.807) is 0 Å². The Labute approximate surface area is 116 Å². The molecule has 0 spiro atoms. The maximum absolute atomic E-state index is 13.3. The van der Waals surface area contributed by atoms with E-state index in [0.717, 1.165) is 31.2 Å². The summed E-state index contributed by atoms with van der Waals surface area (Å²) in [6, 6.07) is 4.69. The molecule has 1 aliphatic carbocycles. The number of rotatable bonds is 3. The molecular weight excluding hydrogens is 295 g/mol. The highest BCUT2D eigenvalue weighted by Gasteiger charge is 2.33. The fraction of sp³-hybridized carbons (Fsp3) is 0.533. The third kappa shape index (κ3) is 3.19. The SMILES string of the molecule is CC1(C(=O)Cc2cc(F)cc(Br)c2)CCCCC1. The number of hydrogen-bond donors (Lipinski definition) is 0. The normalized spacial score (nSPS) is 18.6. The van der Waals surface area contributed by atoms with Gasteiger partial charge in [-0.2, -0.15) is 0 Å². The zero-order valence-electron chi connectivity index (χ0n) is 10.6. The molecule has 1 aromatic rings. The standard InChI is InChI=1S/C15H18BrFO/c1-15(5-3-2-4-6-15)14(18)9-11-7-12(16)10-13(17)8-11/h7-8,10H,2-6,9H2,1H3. The molecule has 18 heavy (non-hydrogen) atoms. The van der Waals surface area contributed by atoms with E-state index in [2.05, 4.69) is 22.9 Å². The second kappa shape index (κ2) is 5.52. The number of hydrogen-bond acceptors (Lipinski definition) is 1. The summed E-state index contributed by atoms with van der Waals surface area (Å²) >= 11 is 3.26. The van der Waals surface area contributed by atoms with Crippen molar-refractivity contribution in [3.05, 3.63) is 34.1 Å². The number of ketones is 1. The molecule has 2 rings (SSSR count). The molecular formula is C15H18BrFO. The van der Waals surface area contributed by atoms with E-state index in [4.69, 9.17) is 0 Å². The van der Waals surface area contributed by atoms with Crippen LogP contribution < -0.4 is 0 Å². The van der Waals surface area contributed by atoms with Crippen LogP contribution in [0, 0.1) is 11.2 Å². The van der Waals surface area contributed by atoms with Crippen LogP contribution in [-0.2, 0) is 11.2 Å². The lowest BCUT2D eigenvalue weighted by Crippen LogP contribution is -2.31. The molecule has 0 aromatic heterocycles. The van der Waals surface area contributed by atoms with Crippen molar-refractivity contribution in [2.24, 2.45) is 5.41 Å². The first-order chi connectivity index (χ1) is 8.49. The van der Waals surface area contributed by atoms with E-state index in [1.165, 1.54) is 18.6 Å². The number of carbonyl (C=O) groups is 1. The van der Waals surface area contributed by atoms with Gasteiger partial charge in [-0.05, 0) is 36.6 Å². The molecule has 0 radical (unpaired) electrons. The number of carbonyl (C=O) groups excluding carboxylic acids is 1. The van der Waals surface area contributed by atoms with Crippen molar-refractivity contribution in [3.8, 4) is 0 Å². The van der Waals surface area contributed by atoms with E-state index < -0.39 is 0 Å². The van der Waals surface area contributed by atoms with Gasteiger partial charge in [-0.1, -0.05) is 42.1 Å². The smallest absolute Gasteiger partial charge is 0.143 e. The highest BCUT2D eigenvalue weighted by molar-refractivity contribution is 9.10. The summed E-state index contributed by atoms with van der Waals surface area (Å²) in [5.41, 5.74) is 0.565. The third-order valence-electron chi connectivity index (χ3n) is 3.92. The van der Waals surface area contributed by atoms with E-state index in [9.17, 15) is 9.18 Å². The fourth-order valence-electron chi connectivity index (χ4n) is 2.72. The molecule has 0 aliphatic heterocycles. The summed E-state index contributed by atoms with van der Waals surface area (Å²) in [5.74, 6) is -0.0410. The zero-order chi connectivity index (χ0) is 13.2. The molecule has 1 aliphatic rings. The molecule has 1 aromatic carbocycles. The van der Waals surface area contributed by atoms with Crippen LogP contribution in [0.3, 0.4) is 0 Å². The first-order valence-corrected chi connectivity index (χ1v) is 7.27. The van der Waals surface area contributed by atoms with Gasteiger partial charge in [0.2, 0.25) is 0 Å². The molecule has 0 atom stereocenters. The van der Waals surface area contributed by atoms with Crippen LogP contribution in [0.1, 0.15) is 44.6 Å². The maximum Gasteiger partial charge on any atom is 0.143 e. The number of benzene rings is 1. The monoisotopic (exact) mass is 312 g/mol. The van der Waals surface area contributed by atoms with Crippen LogP contribution in [0.15, 0.2) is 22.7 Å². The van der Waals surface area contributed by atoms with Gasteiger partial charge < -0.3 is 0 Å². The predicted molar refractivity (Wildman–Crippen MR) is 74.0 cm³/mol. The van der Waals surface area contributed by atoms with Crippen LogP contribution >= 0.6 is 15.9 Å². The lowest BCUT2D eigenvalue weighted by molar-refractivity contribution is -0.128. The third-order valence-corrected chi connectivity index (χ3v) is 4.38. The molecule has 1 nitrogen and oxygen atoms in total. The van der Waals surface area contributed by atoms with Crippen LogP contribution in [0.5, 0.6) is 0 Å². The van der Waals surface area contributed by atoms with Gasteiger partial charge in [0, 0.05) is 16.3 Å². The Hall–Kier alpha value is -0.700. The fourth-order valence-corrected chi connectivity index (χ4v) is 3.24. The van der Waals surface area contributed by atoms with Crippen LogP contribution in [0.25, 0.3) is 0 Å². The summed E-state index contributed by atoms with van der Waals surface area (Å²) < 4.78 is 14.0. The molecule has 98 valence electrons. The van der Waals surface area contributed by atoms with Gasteiger partial charge in [-0.25, -0.2) is 4.39 Å². The van der Waals surface area contributed by atoms with Crippen LogP contribution in [0.4, 0.5) is 4.39 Å². The average molecular weight is 313 g/mol. The Bertz CT molecular complexity index is 430. The second-order valence-corrected chi connectivity index (χ2v) is 6.41. The van der Waals surface area contributed by atoms with Crippen LogP contribution in [-0.4, -0.2) is 5.78 Å². The van der Waals surface area contributed by atoms with Gasteiger partial charge >= 0.3 is 0 Å². The summed E-state index contributed by atoms with van der Waals surface area (Å²) in [5, 5.41) is 0. The highest BCUT2D eigenvalue weighted by Crippen LogP contribution is 2.37. The van der Waals surface area contributed by atoms with E-state index in [1.807, 2.05) is 6.07 Å². The van der Waals surface area contributed by atoms with Crippen LogP contribution in [0.2, 0.25) is 0 Å². The lowest BCUT2D eigenvalue weighted by atomic mass is 9.71. The lowest BCUT2D eigenvalue weighted by Gasteiger charge is -2.32. The summed E-state index contributed by atoms with van der Waals surface area (Å²) in [4.78, 5) is 12.4. The quantitative estimate of drug-likeness (QED) is 0.792. The van der Waals surface area contributed by atoms with E-state index in [-0.39, 0.29) is 17.0 Å². The molecule has 0 N–H and O–H groups in total. The number of Topliss-reactive ketones (excluding diaryl/α,β-unsaturated/α-hetero) is 1. The minimum atomic E-state index is -0.291. The van der Waals surface area contributed by atoms with E-state index in [0.29, 0.717) is 10.9 Å². The summed E-state index contributed by atoms with van der Waals surface area (Å²) in [6.45, 7) is 2.06. The van der Waals surface area contributed by atoms with Crippen molar-refractivity contribution in [1.29, 1.82) is 0 Å². The first-order valence-electron chi connectivity index (χ1n) is 6.48. The van der Waals surface area contributed by atoms with Gasteiger partial charge in [-0.15, -0.1) is 0 Å². The van der Waals surface area contributed by atoms with Crippen molar-refractivity contribution in [2.45, 2.75) is 45.4 Å². The van der Waals surface area contributed by atoms with Gasteiger partial charge in [0.25, 0.3) is 0 Å². The maximum atomic E-state index is 13.3. The molecule has 1 fully saturated rings. The molecule has 0 saturated heterocycles. The minimum Gasteiger partial charge on any atom is -0.299 e. The number of halogens is 2. The van der Waals surface area contributed by atoms with Crippen molar-refractivity contribution in [3.63, 3.8) is 0 Å². The summed E-state index contributed by atoms with van der Waals surface area (Å²) in [6.07, 6.45) is 5.79. The molecule has 0 amide bonds. The largest absolute Gasteiger partial charge is 0.299 e. The Morgan fingerprint density at radius 2 is 1.94 bits per heavy atom. The van der Waals surface area contributed by atoms with Gasteiger partial charge in [0.1, 0.15) is 11.6 Å². The molecule has 0 bridgehead atoms. The average Bonchev–Trinajstić information content (AvgIpc) is 2.28. The van der Waals surface area contributed by atoms with Gasteiger partial charge in [0.15, 0.2) is 0 Å². The molecule has 1 saturated carbocycles. The van der Waals surface area contributed by atoms with Crippen molar-refractivity contribution in [2.75, 3.05) is 0 Å². The predicted octanol–water partition coefficient (Wildman–Crippen LogP) is 4.67. The van der Waals surface area contributed by atoms with E-state index >= 15 is 0 Å². The molecule has 3 heteroatoms. The minimum absolute atomic E-state index is 0.197. The van der Waals surface area contributed by atoms with Gasteiger partial charge in [0.05, 0.1) is 0 Å². The van der Waals surface area contributed by atoms with Crippen molar-refractivity contribution in [1.82, 2.24) is 0 Å². The van der Waals surface area contributed by atoms with Crippen molar-refractivity contribution < 1.29 is 9.18 Å². The Balaban J connectivity index is 2.10. The van der Waals surface area contributed by atoms with Gasteiger partial charge in [-0.3, -0.25) is 4.79 Å². The Kier molecular flexibility index (Phi) is 4.21. The van der Waals surface area contributed by atoms with Crippen molar-refractivity contribution >= 4 is 21.7 Å². The second-order valence-electron chi connectivity index (χ2n) is 5.50. The topological polar surface area (TPSA) is 17.1 Å².